The van der Waals surface area contributed by atoms with E-state index >= 15 is 0 Å². The third kappa shape index (κ3) is 4.89. The van der Waals surface area contributed by atoms with E-state index < -0.39 is 0 Å². The van der Waals surface area contributed by atoms with Crippen LogP contribution in [-0.4, -0.2) is 37.0 Å². The summed E-state index contributed by atoms with van der Waals surface area (Å²) in [6.07, 6.45) is 1.70. The summed E-state index contributed by atoms with van der Waals surface area (Å²) in [7, 11) is 1.41. The highest BCUT2D eigenvalue weighted by Gasteiger charge is 2.29. The predicted octanol–water partition coefficient (Wildman–Crippen LogP) is 4.27. The minimum absolute atomic E-state index is 0.0456. The van der Waals surface area contributed by atoms with Gasteiger partial charge in [0.1, 0.15) is 0 Å². The Labute approximate surface area is 165 Å². The van der Waals surface area contributed by atoms with Crippen LogP contribution in [0, 0.1) is 5.92 Å². The molecule has 1 amide bonds. The van der Waals surface area contributed by atoms with E-state index in [1.165, 1.54) is 7.11 Å². The molecule has 2 aromatic carbocycles. The molecule has 0 aromatic heterocycles. The lowest BCUT2D eigenvalue weighted by Crippen LogP contribution is -2.41. The van der Waals surface area contributed by atoms with Crippen molar-refractivity contribution in [3.63, 3.8) is 0 Å². The van der Waals surface area contributed by atoms with Crippen LogP contribution < -0.4 is 0 Å². The molecule has 2 aromatic rings. The van der Waals surface area contributed by atoms with Crippen LogP contribution in [0.15, 0.2) is 54.6 Å². The monoisotopic (exact) mass is 385 g/mol. The summed E-state index contributed by atoms with van der Waals surface area (Å²) in [4.78, 5) is 26.5. The van der Waals surface area contributed by atoms with E-state index in [0.717, 1.165) is 11.1 Å². The van der Waals surface area contributed by atoms with Crippen molar-refractivity contribution in [3.8, 4) is 0 Å². The second-order valence-corrected chi connectivity index (χ2v) is 7.34. The Bertz CT molecular complexity index is 785. The first kappa shape index (κ1) is 19.4. The van der Waals surface area contributed by atoms with E-state index in [1.54, 1.807) is 0 Å². The van der Waals surface area contributed by atoms with E-state index in [0.29, 0.717) is 37.4 Å². The molecule has 1 heterocycles. The normalized spacial score (nSPS) is 16.0. The summed E-state index contributed by atoms with van der Waals surface area (Å²) in [6.45, 7) is 1.19. The molecule has 1 aliphatic heterocycles. The van der Waals surface area contributed by atoms with Gasteiger partial charge in [-0.25, -0.2) is 0 Å². The van der Waals surface area contributed by atoms with Gasteiger partial charge in [0.2, 0.25) is 5.91 Å². The third-order valence-corrected chi connectivity index (χ3v) is 5.45. The van der Waals surface area contributed by atoms with E-state index in [1.807, 2.05) is 59.5 Å². The number of benzene rings is 2. The third-order valence-electron chi connectivity index (χ3n) is 5.21. The maximum atomic E-state index is 13.0. The standard InChI is InChI=1S/C22H24ClNO3/c1-27-22(26)17-10-12-24(13-11-17)21(25)15-20(16-6-3-2-4-7-16)18-8-5-9-19(23)14-18/h2-9,14,17,20H,10-13,15H2,1H3/t20-/m1/s1. The Balaban J connectivity index is 1.73. The number of hydrogen-bond acceptors (Lipinski definition) is 3. The molecule has 0 unspecified atom stereocenters. The molecule has 1 fully saturated rings. The smallest absolute Gasteiger partial charge is 0.308 e. The number of nitrogens with zero attached hydrogens (tertiary/aromatic N) is 1. The number of esters is 1. The summed E-state index contributed by atoms with van der Waals surface area (Å²) in [5.41, 5.74) is 2.13. The number of likely N-dealkylation sites (tertiary alicyclic amines) is 1. The molecule has 4 nitrogen and oxygen atoms in total. The summed E-state index contributed by atoms with van der Waals surface area (Å²) in [5.74, 6) is -0.219. The van der Waals surface area contributed by atoms with Crippen molar-refractivity contribution in [3.05, 3.63) is 70.7 Å². The molecule has 27 heavy (non-hydrogen) atoms. The van der Waals surface area contributed by atoms with Gasteiger partial charge in [-0.2, -0.15) is 0 Å². The highest BCUT2D eigenvalue weighted by atomic mass is 35.5. The molecule has 1 aliphatic rings. The minimum Gasteiger partial charge on any atom is -0.469 e. The molecule has 3 rings (SSSR count). The maximum Gasteiger partial charge on any atom is 0.308 e. The fraction of sp³-hybridized carbons (Fsp3) is 0.364. The number of hydrogen-bond donors (Lipinski definition) is 0. The first-order valence-corrected chi connectivity index (χ1v) is 9.62. The number of carbonyl (C=O) groups is 2. The van der Waals surface area contributed by atoms with Crippen molar-refractivity contribution in [1.29, 1.82) is 0 Å². The zero-order chi connectivity index (χ0) is 19.2. The Morgan fingerprint density at radius 3 is 2.37 bits per heavy atom. The van der Waals surface area contributed by atoms with Gasteiger partial charge < -0.3 is 9.64 Å². The van der Waals surface area contributed by atoms with Crippen LogP contribution in [0.25, 0.3) is 0 Å². The van der Waals surface area contributed by atoms with Gasteiger partial charge in [0.15, 0.2) is 0 Å². The van der Waals surface area contributed by atoms with Crippen LogP contribution in [-0.2, 0) is 14.3 Å². The Kier molecular flexibility index (Phi) is 6.51. The average Bonchev–Trinajstić information content (AvgIpc) is 2.72. The van der Waals surface area contributed by atoms with Crippen molar-refractivity contribution >= 4 is 23.5 Å². The van der Waals surface area contributed by atoms with Crippen LogP contribution in [0.2, 0.25) is 5.02 Å². The van der Waals surface area contributed by atoms with Crippen LogP contribution in [0.5, 0.6) is 0 Å². The zero-order valence-corrected chi connectivity index (χ0v) is 16.2. The lowest BCUT2D eigenvalue weighted by atomic mass is 9.87. The summed E-state index contributed by atoms with van der Waals surface area (Å²) < 4.78 is 4.82. The van der Waals surface area contributed by atoms with Gasteiger partial charge >= 0.3 is 5.97 Å². The highest BCUT2D eigenvalue weighted by Crippen LogP contribution is 2.31. The van der Waals surface area contributed by atoms with E-state index in [4.69, 9.17) is 16.3 Å². The molecule has 0 spiro atoms. The number of piperidine rings is 1. The topological polar surface area (TPSA) is 46.6 Å². The minimum atomic E-state index is -0.178. The first-order chi connectivity index (χ1) is 13.1. The molecule has 142 valence electrons. The lowest BCUT2D eigenvalue weighted by molar-refractivity contribution is -0.148. The number of ether oxygens (including phenoxy) is 1. The maximum absolute atomic E-state index is 13.0. The quantitative estimate of drug-likeness (QED) is 0.722. The molecule has 5 heteroatoms. The van der Waals surface area contributed by atoms with Gasteiger partial charge in [0, 0.05) is 30.5 Å². The molecule has 0 radical (unpaired) electrons. The highest BCUT2D eigenvalue weighted by molar-refractivity contribution is 6.30. The van der Waals surface area contributed by atoms with Gasteiger partial charge in [0.05, 0.1) is 13.0 Å². The number of halogens is 1. The van der Waals surface area contributed by atoms with Gasteiger partial charge in [-0.3, -0.25) is 9.59 Å². The van der Waals surface area contributed by atoms with Crippen molar-refractivity contribution in [1.82, 2.24) is 4.90 Å². The molecule has 0 saturated carbocycles. The van der Waals surface area contributed by atoms with E-state index in [9.17, 15) is 9.59 Å². The van der Waals surface area contributed by atoms with Gasteiger partial charge in [0.25, 0.3) is 0 Å². The van der Waals surface area contributed by atoms with Crippen LogP contribution in [0.3, 0.4) is 0 Å². The fourth-order valence-electron chi connectivity index (χ4n) is 3.67. The van der Waals surface area contributed by atoms with Crippen molar-refractivity contribution in [2.24, 2.45) is 5.92 Å². The second kappa shape index (κ2) is 9.05. The summed E-state index contributed by atoms with van der Waals surface area (Å²) in [6, 6.07) is 17.7. The Hall–Kier alpha value is -2.33. The van der Waals surface area contributed by atoms with E-state index in [2.05, 4.69) is 0 Å². The van der Waals surface area contributed by atoms with Gasteiger partial charge in [-0.1, -0.05) is 54.1 Å². The lowest BCUT2D eigenvalue weighted by Gasteiger charge is -2.32. The molecular formula is C22H24ClNO3. The van der Waals surface area contributed by atoms with Crippen molar-refractivity contribution in [2.45, 2.75) is 25.2 Å². The van der Waals surface area contributed by atoms with Crippen molar-refractivity contribution in [2.75, 3.05) is 20.2 Å². The van der Waals surface area contributed by atoms with Crippen LogP contribution in [0.4, 0.5) is 0 Å². The number of carbonyl (C=O) groups excluding carboxylic acids is 2. The molecule has 1 atom stereocenters. The fourth-order valence-corrected chi connectivity index (χ4v) is 3.87. The summed E-state index contributed by atoms with van der Waals surface area (Å²) >= 11 is 6.18. The molecule has 0 N–H and O–H groups in total. The number of rotatable bonds is 5. The first-order valence-electron chi connectivity index (χ1n) is 9.24. The second-order valence-electron chi connectivity index (χ2n) is 6.90. The Morgan fingerprint density at radius 2 is 1.74 bits per heavy atom. The molecule has 1 saturated heterocycles. The largest absolute Gasteiger partial charge is 0.469 e. The van der Waals surface area contributed by atoms with Crippen molar-refractivity contribution < 1.29 is 14.3 Å². The van der Waals surface area contributed by atoms with Gasteiger partial charge in [-0.15, -0.1) is 0 Å². The summed E-state index contributed by atoms with van der Waals surface area (Å²) in [5, 5.41) is 0.666. The number of amides is 1. The van der Waals surface area contributed by atoms with Gasteiger partial charge in [-0.05, 0) is 36.1 Å². The van der Waals surface area contributed by atoms with Crippen LogP contribution >= 0.6 is 11.6 Å². The predicted molar refractivity (Wildman–Crippen MR) is 106 cm³/mol. The molecule has 0 bridgehead atoms. The zero-order valence-electron chi connectivity index (χ0n) is 15.4. The average molecular weight is 386 g/mol. The van der Waals surface area contributed by atoms with Crippen LogP contribution in [0.1, 0.15) is 36.3 Å². The Morgan fingerprint density at radius 1 is 1.07 bits per heavy atom. The molecular weight excluding hydrogens is 362 g/mol. The number of methoxy groups -OCH3 is 1. The van der Waals surface area contributed by atoms with E-state index in [-0.39, 0.29) is 23.7 Å². The molecule has 0 aliphatic carbocycles. The SMILES string of the molecule is COC(=O)C1CCN(C(=O)C[C@H](c2ccccc2)c2cccc(Cl)c2)CC1.